The minimum Gasteiger partial charge on any atom is -0.466 e. The molecule has 1 aliphatic rings. The van der Waals surface area contributed by atoms with Crippen LogP contribution in [0.4, 0.5) is 0 Å². The van der Waals surface area contributed by atoms with E-state index >= 15 is 0 Å². The molecule has 1 atom stereocenters. The molecule has 0 spiro atoms. The summed E-state index contributed by atoms with van der Waals surface area (Å²) in [6, 6.07) is 0. The third kappa shape index (κ3) is 4.45. The number of hydrogen-bond donors (Lipinski definition) is 0. The standard InChI is InChI=1S/C16H28N2O4/c1-6-18(16(3,4)5)14(20)13(19)17-10-8-9-12(11-17)15(21)22-7-2/h12H,6-11H2,1-5H3. The highest BCUT2D eigenvalue weighted by Gasteiger charge is 2.36. The van der Waals surface area contributed by atoms with Crippen molar-refractivity contribution in [3.8, 4) is 0 Å². The van der Waals surface area contributed by atoms with Crippen LogP contribution in [-0.2, 0) is 19.1 Å². The lowest BCUT2D eigenvalue weighted by Gasteiger charge is -2.37. The van der Waals surface area contributed by atoms with E-state index in [9.17, 15) is 14.4 Å². The fourth-order valence-electron chi connectivity index (χ4n) is 2.79. The molecule has 0 bridgehead atoms. The van der Waals surface area contributed by atoms with Crippen LogP contribution in [0.25, 0.3) is 0 Å². The second kappa shape index (κ2) is 7.61. The van der Waals surface area contributed by atoms with Gasteiger partial charge in [-0.25, -0.2) is 0 Å². The summed E-state index contributed by atoms with van der Waals surface area (Å²) in [5, 5.41) is 0. The quantitative estimate of drug-likeness (QED) is 0.584. The van der Waals surface area contributed by atoms with Crippen LogP contribution in [0.15, 0.2) is 0 Å². The van der Waals surface area contributed by atoms with Crippen LogP contribution < -0.4 is 0 Å². The van der Waals surface area contributed by atoms with Gasteiger partial charge in [0, 0.05) is 25.2 Å². The molecule has 1 saturated heterocycles. The zero-order valence-electron chi connectivity index (χ0n) is 14.3. The van der Waals surface area contributed by atoms with Crippen LogP contribution >= 0.6 is 0 Å². The summed E-state index contributed by atoms with van der Waals surface area (Å²) in [4.78, 5) is 39.8. The molecule has 0 aromatic rings. The van der Waals surface area contributed by atoms with Gasteiger partial charge in [-0.2, -0.15) is 0 Å². The SMILES string of the molecule is CCOC(=O)C1CCCN(C(=O)C(=O)N(CC)C(C)(C)C)C1. The van der Waals surface area contributed by atoms with E-state index in [0.717, 1.165) is 0 Å². The molecular weight excluding hydrogens is 284 g/mol. The molecule has 1 rings (SSSR count). The molecule has 22 heavy (non-hydrogen) atoms. The Balaban J connectivity index is 2.76. The van der Waals surface area contributed by atoms with E-state index in [4.69, 9.17) is 4.74 Å². The van der Waals surface area contributed by atoms with Crippen molar-refractivity contribution < 1.29 is 19.1 Å². The van der Waals surface area contributed by atoms with E-state index in [-0.39, 0.29) is 18.4 Å². The van der Waals surface area contributed by atoms with Crippen LogP contribution in [0.5, 0.6) is 0 Å². The van der Waals surface area contributed by atoms with Crippen molar-refractivity contribution in [1.29, 1.82) is 0 Å². The fourth-order valence-corrected chi connectivity index (χ4v) is 2.79. The van der Waals surface area contributed by atoms with Crippen LogP contribution in [0.2, 0.25) is 0 Å². The van der Waals surface area contributed by atoms with Crippen molar-refractivity contribution in [2.75, 3.05) is 26.2 Å². The average Bonchev–Trinajstić information content (AvgIpc) is 2.46. The summed E-state index contributed by atoms with van der Waals surface area (Å²) in [7, 11) is 0. The predicted octanol–water partition coefficient (Wildman–Crippen LogP) is 1.44. The van der Waals surface area contributed by atoms with Gasteiger partial charge in [0.2, 0.25) is 0 Å². The van der Waals surface area contributed by atoms with E-state index in [2.05, 4.69) is 0 Å². The number of carbonyl (C=O) groups excluding carboxylic acids is 3. The number of rotatable bonds is 3. The molecule has 2 amide bonds. The molecule has 0 aromatic heterocycles. The molecule has 0 saturated carbocycles. The maximum Gasteiger partial charge on any atom is 0.312 e. The van der Waals surface area contributed by atoms with Crippen molar-refractivity contribution in [2.24, 2.45) is 5.92 Å². The maximum absolute atomic E-state index is 12.5. The Bertz CT molecular complexity index is 428. The van der Waals surface area contributed by atoms with E-state index in [1.165, 1.54) is 4.90 Å². The summed E-state index contributed by atoms with van der Waals surface area (Å²) in [5.74, 6) is -1.63. The number of carbonyl (C=O) groups is 3. The lowest BCUT2D eigenvalue weighted by molar-refractivity contribution is -0.158. The number of hydrogen-bond acceptors (Lipinski definition) is 4. The molecule has 6 heteroatoms. The molecule has 1 unspecified atom stereocenters. The topological polar surface area (TPSA) is 66.9 Å². The number of likely N-dealkylation sites (N-methyl/N-ethyl adjacent to an activating group) is 1. The van der Waals surface area contributed by atoms with Crippen molar-refractivity contribution in [3.05, 3.63) is 0 Å². The molecule has 0 N–H and O–H groups in total. The molecule has 0 aromatic carbocycles. The van der Waals surface area contributed by atoms with E-state index in [1.807, 2.05) is 27.7 Å². The minimum absolute atomic E-state index is 0.269. The van der Waals surface area contributed by atoms with Gasteiger partial charge in [-0.1, -0.05) is 0 Å². The number of esters is 1. The average molecular weight is 312 g/mol. The highest BCUT2D eigenvalue weighted by Crippen LogP contribution is 2.20. The van der Waals surface area contributed by atoms with Gasteiger partial charge < -0.3 is 14.5 Å². The Morgan fingerprint density at radius 2 is 1.86 bits per heavy atom. The monoisotopic (exact) mass is 312 g/mol. The Morgan fingerprint density at radius 3 is 2.36 bits per heavy atom. The van der Waals surface area contributed by atoms with E-state index in [0.29, 0.717) is 32.5 Å². The van der Waals surface area contributed by atoms with Crippen molar-refractivity contribution in [2.45, 2.75) is 53.0 Å². The number of ether oxygens (including phenoxy) is 1. The maximum atomic E-state index is 12.5. The van der Waals surface area contributed by atoms with Gasteiger partial charge in [-0.05, 0) is 47.5 Å². The first-order chi connectivity index (χ1) is 10.2. The summed E-state index contributed by atoms with van der Waals surface area (Å²) < 4.78 is 5.02. The van der Waals surface area contributed by atoms with Crippen LogP contribution in [0.1, 0.15) is 47.5 Å². The first-order valence-electron chi connectivity index (χ1n) is 7.99. The number of piperidine rings is 1. The third-order valence-electron chi connectivity index (χ3n) is 3.88. The number of likely N-dealkylation sites (tertiary alicyclic amines) is 1. The molecule has 0 radical (unpaired) electrons. The fraction of sp³-hybridized carbons (Fsp3) is 0.812. The van der Waals surface area contributed by atoms with Crippen molar-refractivity contribution in [3.63, 3.8) is 0 Å². The normalized spacial score (nSPS) is 18.8. The van der Waals surface area contributed by atoms with Gasteiger partial charge in [-0.15, -0.1) is 0 Å². The smallest absolute Gasteiger partial charge is 0.312 e. The Morgan fingerprint density at radius 1 is 1.23 bits per heavy atom. The minimum atomic E-state index is -0.522. The second-order valence-corrected chi connectivity index (χ2v) is 6.56. The molecular formula is C16H28N2O4. The van der Waals surface area contributed by atoms with Crippen LogP contribution in [0, 0.1) is 5.92 Å². The van der Waals surface area contributed by atoms with E-state index < -0.39 is 17.4 Å². The molecule has 6 nitrogen and oxygen atoms in total. The Labute approximate surface area is 132 Å². The van der Waals surface area contributed by atoms with Crippen LogP contribution in [0.3, 0.4) is 0 Å². The first-order valence-corrected chi connectivity index (χ1v) is 7.99. The van der Waals surface area contributed by atoms with E-state index in [1.54, 1.807) is 11.8 Å². The van der Waals surface area contributed by atoms with Crippen LogP contribution in [-0.4, -0.2) is 59.4 Å². The van der Waals surface area contributed by atoms with Gasteiger partial charge in [0.25, 0.3) is 0 Å². The second-order valence-electron chi connectivity index (χ2n) is 6.56. The van der Waals surface area contributed by atoms with Gasteiger partial charge in [0.1, 0.15) is 0 Å². The van der Waals surface area contributed by atoms with Crippen molar-refractivity contribution in [1.82, 2.24) is 9.80 Å². The summed E-state index contributed by atoms with van der Waals surface area (Å²) in [6.45, 7) is 10.9. The molecule has 1 fully saturated rings. The molecule has 1 heterocycles. The lowest BCUT2D eigenvalue weighted by Crippen LogP contribution is -2.54. The first kappa shape index (κ1) is 18.5. The summed E-state index contributed by atoms with van der Waals surface area (Å²) in [5.41, 5.74) is -0.405. The van der Waals surface area contributed by atoms with Gasteiger partial charge >= 0.3 is 17.8 Å². The third-order valence-corrected chi connectivity index (χ3v) is 3.88. The predicted molar refractivity (Wildman–Crippen MR) is 83.1 cm³/mol. The zero-order valence-corrected chi connectivity index (χ0v) is 14.3. The largest absolute Gasteiger partial charge is 0.466 e. The Hall–Kier alpha value is -1.59. The van der Waals surface area contributed by atoms with Gasteiger partial charge in [0.15, 0.2) is 0 Å². The van der Waals surface area contributed by atoms with Gasteiger partial charge in [-0.3, -0.25) is 14.4 Å². The number of nitrogens with zero attached hydrogens (tertiary/aromatic N) is 2. The molecule has 1 aliphatic heterocycles. The number of amides is 2. The molecule has 0 aliphatic carbocycles. The lowest BCUT2D eigenvalue weighted by atomic mass is 9.98. The summed E-state index contributed by atoms with van der Waals surface area (Å²) in [6.07, 6.45) is 1.41. The highest BCUT2D eigenvalue weighted by molar-refractivity contribution is 6.35. The summed E-state index contributed by atoms with van der Waals surface area (Å²) >= 11 is 0. The van der Waals surface area contributed by atoms with Gasteiger partial charge in [0.05, 0.1) is 12.5 Å². The van der Waals surface area contributed by atoms with Crippen molar-refractivity contribution >= 4 is 17.8 Å². The Kier molecular flexibility index (Phi) is 6.38. The molecule has 126 valence electrons. The highest BCUT2D eigenvalue weighted by atomic mass is 16.5. The zero-order chi connectivity index (χ0) is 16.9.